The molecular weight excluding hydrogens is 186 g/mol. The Morgan fingerprint density at radius 3 is 2.93 bits per heavy atom. The van der Waals surface area contributed by atoms with Gasteiger partial charge in [-0.1, -0.05) is 17.7 Å². The average Bonchev–Trinajstić information content (AvgIpc) is 2.28. The minimum absolute atomic E-state index is 0.192. The summed E-state index contributed by atoms with van der Waals surface area (Å²) in [5.74, 6) is 0.192. The summed E-state index contributed by atoms with van der Waals surface area (Å²) in [5, 5.41) is 3.02. The molecule has 0 saturated carbocycles. The summed E-state index contributed by atoms with van der Waals surface area (Å²) in [5.41, 5.74) is 5.64. The third-order valence-corrected chi connectivity index (χ3v) is 3.54. The van der Waals surface area contributed by atoms with Crippen LogP contribution in [0.1, 0.15) is 38.5 Å². The summed E-state index contributed by atoms with van der Waals surface area (Å²) < 4.78 is 0. The molecule has 1 amide bonds. The van der Waals surface area contributed by atoms with Crippen LogP contribution in [0.4, 0.5) is 0 Å². The van der Waals surface area contributed by atoms with E-state index in [2.05, 4.69) is 17.5 Å². The maximum absolute atomic E-state index is 11.3. The standard InChI is InChI=1S/C13H15NO/c15-13-8-6-11-10-4-2-1-3-9(10)5-7-12(11)14-13/h2,4H,1,3,5-8H2,(H,14,15). The molecule has 2 aliphatic carbocycles. The van der Waals surface area contributed by atoms with Crippen LogP contribution in [-0.2, 0) is 4.79 Å². The number of nitrogens with one attached hydrogen (secondary N) is 1. The largest absolute Gasteiger partial charge is 0.329 e. The van der Waals surface area contributed by atoms with Gasteiger partial charge in [0.15, 0.2) is 0 Å². The first-order chi connectivity index (χ1) is 7.34. The van der Waals surface area contributed by atoms with E-state index < -0.39 is 0 Å². The molecule has 0 spiro atoms. The minimum Gasteiger partial charge on any atom is -0.329 e. The number of hydrogen-bond acceptors (Lipinski definition) is 1. The molecule has 1 aliphatic heterocycles. The van der Waals surface area contributed by atoms with Crippen LogP contribution in [0.2, 0.25) is 0 Å². The molecule has 3 rings (SSSR count). The zero-order chi connectivity index (χ0) is 10.3. The van der Waals surface area contributed by atoms with Crippen LogP contribution in [0.25, 0.3) is 0 Å². The number of carbonyl (C=O) groups is 1. The van der Waals surface area contributed by atoms with E-state index in [1.54, 1.807) is 5.57 Å². The van der Waals surface area contributed by atoms with E-state index in [1.807, 2.05) is 0 Å². The highest BCUT2D eigenvalue weighted by molar-refractivity contribution is 5.80. The van der Waals surface area contributed by atoms with Crippen LogP contribution in [-0.4, -0.2) is 5.91 Å². The molecule has 3 aliphatic rings. The Morgan fingerprint density at radius 1 is 1.07 bits per heavy atom. The normalized spacial score (nSPS) is 24.9. The average molecular weight is 201 g/mol. The van der Waals surface area contributed by atoms with E-state index in [-0.39, 0.29) is 5.91 Å². The lowest BCUT2D eigenvalue weighted by molar-refractivity contribution is -0.120. The van der Waals surface area contributed by atoms with Crippen LogP contribution < -0.4 is 5.32 Å². The minimum atomic E-state index is 0.192. The van der Waals surface area contributed by atoms with Crippen molar-refractivity contribution in [3.05, 3.63) is 34.6 Å². The summed E-state index contributed by atoms with van der Waals surface area (Å²) in [6.07, 6.45) is 10.7. The van der Waals surface area contributed by atoms with Crippen LogP contribution in [0.3, 0.4) is 0 Å². The second-order valence-corrected chi connectivity index (χ2v) is 4.46. The predicted molar refractivity (Wildman–Crippen MR) is 59.0 cm³/mol. The van der Waals surface area contributed by atoms with Crippen molar-refractivity contribution in [2.24, 2.45) is 0 Å². The Labute approximate surface area is 89.7 Å². The number of amides is 1. The van der Waals surface area contributed by atoms with Gasteiger partial charge in [-0.25, -0.2) is 0 Å². The zero-order valence-electron chi connectivity index (χ0n) is 8.81. The van der Waals surface area contributed by atoms with Crippen LogP contribution >= 0.6 is 0 Å². The van der Waals surface area contributed by atoms with Crippen molar-refractivity contribution in [1.29, 1.82) is 0 Å². The van der Waals surface area contributed by atoms with Crippen molar-refractivity contribution in [2.75, 3.05) is 0 Å². The van der Waals surface area contributed by atoms with E-state index >= 15 is 0 Å². The Bertz CT molecular complexity index is 412. The highest BCUT2D eigenvalue weighted by Crippen LogP contribution is 2.38. The molecule has 0 bridgehead atoms. The molecule has 0 radical (unpaired) electrons. The second-order valence-electron chi connectivity index (χ2n) is 4.46. The molecule has 1 N–H and O–H groups in total. The molecule has 2 heteroatoms. The molecule has 0 fully saturated rings. The number of rotatable bonds is 0. The Balaban J connectivity index is 2.02. The lowest BCUT2D eigenvalue weighted by Gasteiger charge is -2.30. The summed E-state index contributed by atoms with van der Waals surface area (Å²) in [6, 6.07) is 0. The lowest BCUT2D eigenvalue weighted by atomic mass is 9.80. The first-order valence-corrected chi connectivity index (χ1v) is 5.75. The van der Waals surface area contributed by atoms with Crippen LogP contribution in [0, 0.1) is 0 Å². The number of fused-ring (bicyclic) bond motifs is 1. The van der Waals surface area contributed by atoms with E-state index in [1.165, 1.54) is 29.7 Å². The molecule has 0 unspecified atom stereocenters. The summed E-state index contributed by atoms with van der Waals surface area (Å²) in [4.78, 5) is 11.3. The predicted octanol–water partition coefficient (Wildman–Crippen LogP) is 2.59. The van der Waals surface area contributed by atoms with Crippen molar-refractivity contribution < 1.29 is 4.79 Å². The number of hydrogen-bond donors (Lipinski definition) is 1. The van der Waals surface area contributed by atoms with E-state index in [9.17, 15) is 4.79 Å². The van der Waals surface area contributed by atoms with Crippen LogP contribution in [0.5, 0.6) is 0 Å². The Morgan fingerprint density at radius 2 is 2.00 bits per heavy atom. The quantitative estimate of drug-likeness (QED) is 0.641. The molecule has 1 heterocycles. The molecule has 0 atom stereocenters. The smallest absolute Gasteiger partial charge is 0.224 e. The number of carbonyl (C=O) groups excluding carboxylic acids is 1. The van der Waals surface area contributed by atoms with Gasteiger partial charge >= 0.3 is 0 Å². The van der Waals surface area contributed by atoms with Gasteiger partial charge in [0.25, 0.3) is 0 Å². The van der Waals surface area contributed by atoms with Crippen molar-refractivity contribution in [2.45, 2.75) is 38.5 Å². The van der Waals surface area contributed by atoms with Crippen LogP contribution in [0.15, 0.2) is 34.6 Å². The maximum atomic E-state index is 11.3. The first kappa shape index (κ1) is 8.96. The molecule has 0 saturated heterocycles. The van der Waals surface area contributed by atoms with Crippen molar-refractivity contribution in [3.8, 4) is 0 Å². The topological polar surface area (TPSA) is 29.1 Å². The molecular formula is C13H15NO. The molecule has 78 valence electrons. The Hall–Kier alpha value is -1.31. The number of allylic oxidation sites excluding steroid dienone is 6. The van der Waals surface area contributed by atoms with Gasteiger partial charge in [-0.3, -0.25) is 4.79 Å². The first-order valence-electron chi connectivity index (χ1n) is 5.75. The summed E-state index contributed by atoms with van der Waals surface area (Å²) >= 11 is 0. The molecule has 0 aromatic carbocycles. The monoisotopic (exact) mass is 201 g/mol. The zero-order valence-corrected chi connectivity index (χ0v) is 8.81. The fourth-order valence-electron chi connectivity index (χ4n) is 2.77. The van der Waals surface area contributed by atoms with Gasteiger partial charge in [-0.15, -0.1) is 0 Å². The fourth-order valence-corrected chi connectivity index (χ4v) is 2.77. The van der Waals surface area contributed by atoms with Gasteiger partial charge in [-0.2, -0.15) is 0 Å². The van der Waals surface area contributed by atoms with Crippen molar-refractivity contribution in [1.82, 2.24) is 5.32 Å². The van der Waals surface area contributed by atoms with E-state index in [4.69, 9.17) is 0 Å². The molecule has 15 heavy (non-hydrogen) atoms. The van der Waals surface area contributed by atoms with E-state index in [0.29, 0.717) is 6.42 Å². The molecule has 0 aromatic rings. The molecule has 2 nitrogen and oxygen atoms in total. The third-order valence-electron chi connectivity index (χ3n) is 3.54. The van der Waals surface area contributed by atoms with Crippen molar-refractivity contribution in [3.63, 3.8) is 0 Å². The Kier molecular flexibility index (Phi) is 2.01. The SMILES string of the molecule is O=C1CCC2=C(CCC3=C2C=CCC3)N1. The highest BCUT2D eigenvalue weighted by atomic mass is 16.1. The molecule has 0 aromatic heterocycles. The van der Waals surface area contributed by atoms with Gasteiger partial charge in [0.05, 0.1) is 0 Å². The summed E-state index contributed by atoms with van der Waals surface area (Å²) in [6.45, 7) is 0. The fraction of sp³-hybridized carbons (Fsp3) is 0.462. The maximum Gasteiger partial charge on any atom is 0.224 e. The van der Waals surface area contributed by atoms with Gasteiger partial charge < -0.3 is 5.32 Å². The third kappa shape index (κ3) is 1.44. The lowest BCUT2D eigenvalue weighted by Crippen LogP contribution is -2.30. The highest BCUT2D eigenvalue weighted by Gasteiger charge is 2.25. The van der Waals surface area contributed by atoms with Gasteiger partial charge in [-0.05, 0) is 43.3 Å². The van der Waals surface area contributed by atoms with Gasteiger partial charge in [0.2, 0.25) is 5.91 Å². The van der Waals surface area contributed by atoms with Gasteiger partial charge in [0, 0.05) is 12.1 Å². The van der Waals surface area contributed by atoms with E-state index in [0.717, 1.165) is 19.3 Å². The second kappa shape index (κ2) is 3.37. The van der Waals surface area contributed by atoms with Crippen molar-refractivity contribution >= 4 is 5.91 Å². The van der Waals surface area contributed by atoms with Gasteiger partial charge in [0.1, 0.15) is 0 Å². The summed E-state index contributed by atoms with van der Waals surface area (Å²) in [7, 11) is 0.